The van der Waals surface area contributed by atoms with Gasteiger partial charge in [0.1, 0.15) is 5.78 Å². The third-order valence-corrected chi connectivity index (χ3v) is 6.09. The van der Waals surface area contributed by atoms with Gasteiger partial charge in [0, 0.05) is 67.5 Å². The molecule has 33 heavy (non-hydrogen) atoms. The quantitative estimate of drug-likeness (QED) is 0.412. The molecule has 5 rings (SSSR count). The molecule has 2 aromatic heterocycles. The molecular weight excluding hydrogens is 412 g/mol. The number of carbonyl (C=O) groups is 1. The summed E-state index contributed by atoms with van der Waals surface area (Å²) >= 11 is 0. The number of nitrogens with zero attached hydrogens (tertiary/aromatic N) is 4. The van der Waals surface area contributed by atoms with Crippen molar-refractivity contribution >= 4 is 22.4 Å². The highest BCUT2D eigenvalue weighted by Crippen LogP contribution is 2.26. The molecule has 4 aromatic rings. The Morgan fingerprint density at radius 2 is 2.00 bits per heavy atom. The largest absolute Gasteiger partial charge is 0.384 e. The molecule has 6 heteroatoms. The normalized spacial score (nSPS) is 13.7. The van der Waals surface area contributed by atoms with E-state index in [0.717, 1.165) is 44.6 Å². The van der Waals surface area contributed by atoms with Crippen molar-refractivity contribution < 1.29 is 9.53 Å². The number of carbonyl (C=O) groups excluding carboxylic acids is 1. The highest BCUT2D eigenvalue weighted by Gasteiger charge is 2.21. The number of benzene rings is 2. The van der Waals surface area contributed by atoms with Crippen LogP contribution in [0, 0.1) is 0 Å². The number of methoxy groups -OCH3 is 1. The number of aliphatic imine (C=N–C) groups is 1. The van der Waals surface area contributed by atoms with E-state index in [2.05, 4.69) is 22.2 Å². The monoisotopic (exact) mass is 438 g/mol. The summed E-state index contributed by atoms with van der Waals surface area (Å²) in [6.45, 7) is 1.13. The Kier molecular flexibility index (Phi) is 5.84. The second-order valence-electron chi connectivity index (χ2n) is 8.56. The van der Waals surface area contributed by atoms with Crippen LogP contribution in [-0.2, 0) is 29.5 Å². The van der Waals surface area contributed by atoms with Crippen molar-refractivity contribution in [1.29, 1.82) is 0 Å². The first kappa shape index (κ1) is 21.2. The van der Waals surface area contributed by atoms with Crippen LogP contribution in [0.25, 0.3) is 10.9 Å². The number of hydrogen-bond acceptors (Lipinski definition) is 5. The average Bonchev–Trinajstić information content (AvgIpc) is 3.40. The van der Waals surface area contributed by atoms with E-state index >= 15 is 0 Å². The zero-order valence-electron chi connectivity index (χ0n) is 18.9. The van der Waals surface area contributed by atoms with E-state index in [1.807, 2.05) is 66.6 Å². The van der Waals surface area contributed by atoms with E-state index in [4.69, 9.17) is 9.73 Å². The molecule has 6 nitrogen and oxygen atoms in total. The van der Waals surface area contributed by atoms with Gasteiger partial charge in [-0.15, -0.1) is 0 Å². The van der Waals surface area contributed by atoms with Crippen LogP contribution in [0.4, 0.5) is 0 Å². The Labute approximate surface area is 193 Å². The van der Waals surface area contributed by atoms with Gasteiger partial charge in [0.25, 0.3) is 0 Å². The maximum absolute atomic E-state index is 12.9. The number of fused-ring (bicyclic) bond motifs is 2. The van der Waals surface area contributed by atoms with Gasteiger partial charge in [-0.3, -0.25) is 19.5 Å². The number of pyridine rings is 1. The molecule has 0 amide bonds. The predicted octanol–water partition coefficient (Wildman–Crippen LogP) is 4.25. The second kappa shape index (κ2) is 9.08. The van der Waals surface area contributed by atoms with Crippen molar-refractivity contribution in [3.63, 3.8) is 0 Å². The van der Waals surface area contributed by atoms with Crippen LogP contribution in [0.5, 0.6) is 0 Å². The van der Waals surface area contributed by atoms with E-state index in [0.29, 0.717) is 26.0 Å². The Morgan fingerprint density at radius 3 is 2.82 bits per heavy atom. The van der Waals surface area contributed by atoms with Crippen LogP contribution < -0.4 is 0 Å². The molecule has 3 heterocycles. The predicted molar refractivity (Wildman–Crippen MR) is 129 cm³/mol. The van der Waals surface area contributed by atoms with Crippen LogP contribution in [0.1, 0.15) is 40.3 Å². The third kappa shape index (κ3) is 4.47. The fraction of sp³-hybridized carbons (Fsp3) is 0.259. The number of Topliss-reactive ketones (excluding diaryl/α,β-unsaturated/α-hetero) is 1. The van der Waals surface area contributed by atoms with Crippen molar-refractivity contribution in [2.75, 3.05) is 13.7 Å². The molecule has 1 atom stereocenters. The molecule has 0 unspecified atom stereocenters. The fourth-order valence-corrected chi connectivity index (χ4v) is 4.53. The van der Waals surface area contributed by atoms with E-state index in [1.54, 1.807) is 7.11 Å². The highest BCUT2D eigenvalue weighted by atomic mass is 16.5. The van der Waals surface area contributed by atoms with Gasteiger partial charge in [0.15, 0.2) is 0 Å². The summed E-state index contributed by atoms with van der Waals surface area (Å²) in [6, 6.07) is 18.3. The van der Waals surface area contributed by atoms with E-state index < -0.39 is 0 Å². The fourth-order valence-electron chi connectivity index (χ4n) is 4.53. The standard InChI is InChI=1S/C27H26N4O2/c1-31-16-21-10-19(8-9-26(21)30-31)27-25-15-28-23(11-20(25)14-29-27)13-24(32)12-22(17-33-2)18-6-4-3-5-7-18/h3-11,15-16,22H,12-14,17H2,1-2H3/t22-/m1/s1. The van der Waals surface area contributed by atoms with Gasteiger partial charge < -0.3 is 4.74 Å². The molecule has 0 aliphatic carbocycles. The lowest BCUT2D eigenvalue weighted by Crippen LogP contribution is -2.14. The lowest BCUT2D eigenvalue weighted by Gasteiger charge is -2.15. The molecule has 0 saturated heterocycles. The van der Waals surface area contributed by atoms with Crippen molar-refractivity contribution in [2.24, 2.45) is 12.0 Å². The minimum absolute atomic E-state index is 0.0513. The Morgan fingerprint density at radius 1 is 1.15 bits per heavy atom. The summed E-state index contributed by atoms with van der Waals surface area (Å²) < 4.78 is 7.18. The van der Waals surface area contributed by atoms with Crippen LogP contribution in [0.3, 0.4) is 0 Å². The van der Waals surface area contributed by atoms with Gasteiger partial charge in [0.05, 0.1) is 24.4 Å². The molecular formula is C27H26N4O2. The topological polar surface area (TPSA) is 69.4 Å². The number of hydrogen-bond donors (Lipinski definition) is 0. The molecule has 166 valence electrons. The van der Waals surface area contributed by atoms with Gasteiger partial charge in [-0.05, 0) is 29.3 Å². The molecule has 0 radical (unpaired) electrons. The lowest BCUT2D eigenvalue weighted by molar-refractivity contribution is -0.119. The van der Waals surface area contributed by atoms with Crippen molar-refractivity contribution in [2.45, 2.75) is 25.3 Å². The first-order valence-electron chi connectivity index (χ1n) is 11.1. The zero-order chi connectivity index (χ0) is 22.8. The van der Waals surface area contributed by atoms with Gasteiger partial charge in [-0.1, -0.05) is 36.4 Å². The Bertz CT molecular complexity index is 1340. The first-order chi connectivity index (χ1) is 16.1. The lowest BCUT2D eigenvalue weighted by atomic mass is 9.93. The molecule has 0 spiro atoms. The van der Waals surface area contributed by atoms with Crippen LogP contribution in [0.2, 0.25) is 0 Å². The molecule has 0 N–H and O–H groups in total. The van der Waals surface area contributed by atoms with Crippen LogP contribution >= 0.6 is 0 Å². The van der Waals surface area contributed by atoms with Crippen molar-refractivity contribution in [3.05, 3.63) is 94.9 Å². The first-order valence-corrected chi connectivity index (χ1v) is 11.1. The molecule has 1 aliphatic heterocycles. The summed E-state index contributed by atoms with van der Waals surface area (Å²) in [5, 5.41) is 5.53. The minimum atomic E-state index is 0.0513. The average molecular weight is 439 g/mol. The van der Waals surface area contributed by atoms with Crippen LogP contribution in [-0.4, -0.2) is 40.0 Å². The van der Waals surface area contributed by atoms with Gasteiger partial charge in [0.2, 0.25) is 0 Å². The van der Waals surface area contributed by atoms with E-state index in [9.17, 15) is 4.79 Å². The van der Waals surface area contributed by atoms with Gasteiger partial charge in [-0.25, -0.2) is 0 Å². The third-order valence-electron chi connectivity index (χ3n) is 6.09. The Balaban J connectivity index is 1.30. The molecule has 0 saturated carbocycles. The smallest absolute Gasteiger partial charge is 0.139 e. The summed E-state index contributed by atoms with van der Waals surface area (Å²) in [4.78, 5) is 22.2. The van der Waals surface area contributed by atoms with E-state index in [1.165, 1.54) is 0 Å². The Hall–Kier alpha value is -3.64. The van der Waals surface area contributed by atoms with Crippen LogP contribution in [0.15, 0.2) is 72.0 Å². The van der Waals surface area contributed by atoms with E-state index in [-0.39, 0.29) is 11.7 Å². The molecule has 0 bridgehead atoms. The highest BCUT2D eigenvalue weighted by molar-refractivity contribution is 6.16. The number of ether oxygens (including phenoxy) is 1. The number of ketones is 1. The summed E-state index contributed by atoms with van der Waals surface area (Å²) in [5.74, 6) is 0.213. The molecule has 0 fully saturated rings. The van der Waals surface area contributed by atoms with Gasteiger partial charge >= 0.3 is 0 Å². The molecule has 2 aromatic carbocycles. The minimum Gasteiger partial charge on any atom is -0.384 e. The number of aryl methyl sites for hydroxylation is 1. The van der Waals surface area contributed by atoms with Crippen molar-refractivity contribution in [1.82, 2.24) is 14.8 Å². The number of aromatic nitrogens is 3. The summed E-state index contributed by atoms with van der Waals surface area (Å²) in [6.07, 6.45) is 4.62. The summed E-state index contributed by atoms with van der Waals surface area (Å²) in [7, 11) is 3.60. The molecule has 1 aliphatic rings. The van der Waals surface area contributed by atoms with Gasteiger partial charge in [-0.2, -0.15) is 5.10 Å². The summed E-state index contributed by atoms with van der Waals surface area (Å²) in [5.41, 5.74) is 7.05. The number of rotatable bonds is 8. The van der Waals surface area contributed by atoms with Crippen molar-refractivity contribution in [3.8, 4) is 0 Å². The second-order valence-corrected chi connectivity index (χ2v) is 8.56. The SMILES string of the molecule is COC[C@@H](CC(=O)Cc1cc2c(cn1)C(c1ccc3nn(C)cc3c1)=NC2)c1ccccc1. The maximum Gasteiger partial charge on any atom is 0.139 e. The zero-order valence-corrected chi connectivity index (χ0v) is 18.9. The maximum atomic E-state index is 12.9.